The molecule has 0 N–H and O–H groups in total. The fourth-order valence-corrected chi connectivity index (χ4v) is 2.81. The second-order valence-electron chi connectivity index (χ2n) is 3.31. The number of nitrogens with zero attached hydrogens (tertiary/aromatic N) is 3. The van der Waals surface area contributed by atoms with E-state index in [0.29, 0.717) is 6.54 Å². The van der Waals surface area contributed by atoms with E-state index in [2.05, 4.69) is 4.98 Å². The number of nitriles is 1. The highest BCUT2D eigenvalue weighted by atomic mass is 32.2. The molecular weight excluding hydrogens is 258 g/mol. The standard InChI is InChI=1S/C10H13N3O2S2/c1-13(5-6-16-2)17(14,15)10-4-3-9(7-11)12-8-10/h3-4,8H,5-6H2,1-2H3. The zero-order valence-electron chi connectivity index (χ0n) is 9.62. The SMILES string of the molecule is CSCCN(C)S(=O)(=O)c1ccc(C#N)nc1. The molecule has 0 saturated carbocycles. The Morgan fingerprint density at radius 3 is 2.71 bits per heavy atom. The first-order valence-electron chi connectivity index (χ1n) is 4.84. The van der Waals surface area contributed by atoms with E-state index < -0.39 is 10.0 Å². The highest BCUT2D eigenvalue weighted by molar-refractivity contribution is 7.98. The van der Waals surface area contributed by atoms with Crippen molar-refractivity contribution < 1.29 is 8.42 Å². The lowest BCUT2D eigenvalue weighted by Crippen LogP contribution is -2.29. The minimum Gasteiger partial charge on any atom is -0.244 e. The highest BCUT2D eigenvalue weighted by Crippen LogP contribution is 2.13. The molecule has 0 atom stereocenters. The molecule has 1 heterocycles. The predicted octanol–water partition coefficient (Wildman–Crippen LogP) is 0.937. The number of hydrogen-bond acceptors (Lipinski definition) is 5. The smallest absolute Gasteiger partial charge is 0.244 e. The zero-order valence-corrected chi connectivity index (χ0v) is 11.3. The molecule has 0 fully saturated rings. The van der Waals surface area contributed by atoms with Crippen LogP contribution >= 0.6 is 11.8 Å². The number of sulfonamides is 1. The van der Waals surface area contributed by atoms with Crippen molar-refractivity contribution in [2.24, 2.45) is 0 Å². The van der Waals surface area contributed by atoms with E-state index >= 15 is 0 Å². The summed E-state index contributed by atoms with van der Waals surface area (Å²) in [6, 6.07) is 4.64. The lowest BCUT2D eigenvalue weighted by molar-refractivity contribution is 0.488. The number of rotatable bonds is 5. The van der Waals surface area contributed by atoms with Gasteiger partial charge in [0.2, 0.25) is 10.0 Å². The fourth-order valence-electron chi connectivity index (χ4n) is 1.12. The predicted molar refractivity (Wildman–Crippen MR) is 67.1 cm³/mol. The molecule has 0 aromatic carbocycles. The first kappa shape index (κ1) is 14.0. The summed E-state index contributed by atoms with van der Waals surface area (Å²) >= 11 is 1.58. The molecule has 92 valence electrons. The Morgan fingerprint density at radius 2 is 2.24 bits per heavy atom. The van der Waals surface area contributed by atoms with Crippen molar-refractivity contribution in [1.29, 1.82) is 5.26 Å². The van der Waals surface area contributed by atoms with Crippen molar-refractivity contribution in [1.82, 2.24) is 9.29 Å². The maximum atomic E-state index is 12.0. The second kappa shape index (κ2) is 6.00. The maximum absolute atomic E-state index is 12.0. The summed E-state index contributed by atoms with van der Waals surface area (Å²) in [6.07, 6.45) is 3.13. The molecule has 0 radical (unpaired) electrons. The summed E-state index contributed by atoms with van der Waals surface area (Å²) in [5.41, 5.74) is 0.204. The van der Waals surface area contributed by atoms with Gasteiger partial charge in [-0.05, 0) is 18.4 Å². The normalized spacial score (nSPS) is 11.4. The highest BCUT2D eigenvalue weighted by Gasteiger charge is 2.20. The van der Waals surface area contributed by atoms with Gasteiger partial charge in [-0.15, -0.1) is 0 Å². The van der Waals surface area contributed by atoms with Gasteiger partial charge in [-0.25, -0.2) is 17.7 Å². The van der Waals surface area contributed by atoms with E-state index in [0.717, 1.165) is 5.75 Å². The summed E-state index contributed by atoms with van der Waals surface area (Å²) < 4.78 is 25.3. The molecular formula is C10H13N3O2S2. The summed E-state index contributed by atoms with van der Waals surface area (Å²) in [6.45, 7) is 0.448. The molecule has 7 heteroatoms. The van der Waals surface area contributed by atoms with Crippen LogP contribution < -0.4 is 0 Å². The summed E-state index contributed by atoms with van der Waals surface area (Å²) in [5.74, 6) is 0.736. The van der Waals surface area contributed by atoms with Gasteiger partial charge in [0.25, 0.3) is 0 Å². The minimum absolute atomic E-state index is 0.111. The maximum Gasteiger partial charge on any atom is 0.244 e. The van der Waals surface area contributed by atoms with Crippen molar-refractivity contribution in [2.75, 3.05) is 25.6 Å². The zero-order chi connectivity index (χ0) is 12.9. The van der Waals surface area contributed by atoms with Gasteiger partial charge in [0, 0.05) is 25.5 Å². The molecule has 0 aliphatic heterocycles. The van der Waals surface area contributed by atoms with Crippen LogP contribution in [0.15, 0.2) is 23.2 Å². The number of hydrogen-bond donors (Lipinski definition) is 0. The molecule has 0 saturated heterocycles. The number of aromatic nitrogens is 1. The second-order valence-corrected chi connectivity index (χ2v) is 6.34. The van der Waals surface area contributed by atoms with Crippen molar-refractivity contribution in [3.63, 3.8) is 0 Å². The Balaban J connectivity index is 2.93. The van der Waals surface area contributed by atoms with Crippen LogP contribution in [0.3, 0.4) is 0 Å². The molecule has 1 rings (SSSR count). The lowest BCUT2D eigenvalue weighted by atomic mass is 10.4. The quantitative estimate of drug-likeness (QED) is 0.796. The number of thioether (sulfide) groups is 1. The van der Waals surface area contributed by atoms with Crippen LogP contribution in [0.5, 0.6) is 0 Å². The Hall–Kier alpha value is -1.10. The van der Waals surface area contributed by atoms with Gasteiger partial charge in [-0.3, -0.25) is 0 Å². The summed E-state index contributed by atoms with van der Waals surface area (Å²) in [4.78, 5) is 3.87. The third-order valence-corrected chi connectivity index (χ3v) is 4.60. The third kappa shape index (κ3) is 3.43. The van der Waals surface area contributed by atoms with Gasteiger partial charge in [-0.1, -0.05) is 0 Å². The van der Waals surface area contributed by atoms with Gasteiger partial charge in [-0.2, -0.15) is 17.0 Å². The van der Waals surface area contributed by atoms with E-state index in [4.69, 9.17) is 5.26 Å². The van der Waals surface area contributed by atoms with Crippen LogP contribution in [0.1, 0.15) is 5.69 Å². The summed E-state index contributed by atoms with van der Waals surface area (Å²) in [7, 11) is -1.96. The molecule has 0 amide bonds. The van der Waals surface area contributed by atoms with Crippen molar-refractivity contribution in [2.45, 2.75) is 4.90 Å². The van der Waals surface area contributed by atoms with Crippen molar-refractivity contribution in [3.8, 4) is 6.07 Å². The van der Waals surface area contributed by atoms with Crippen LogP contribution in [0.2, 0.25) is 0 Å². The molecule has 0 aliphatic rings. The van der Waals surface area contributed by atoms with Crippen LogP contribution in [0, 0.1) is 11.3 Å². The largest absolute Gasteiger partial charge is 0.244 e. The average Bonchev–Trinajstić information content (AvgIpc) is 2.35. The van der Waals surface area contributed by atoms with Crippen LogP contribution in [0.25, 0.3) is 0 Å². The van der Waals surface area contributed by atoms with Gasteiger partial charge < -0.3 is 0 Å². The molecule has 5 nitrogen and oxygen atoms in total. The first-order chi connectivity index (χ1) is 8.02. The Morgan fingerprint density at radius 1 is 1.53 bits per heavy atom. The molecule has 0 aliphatic carbocycles. The van der Waals surface area contributed by atoms with Crippen LogP contribution in [-0.4, -0.2) is 43.3 Å². The minimum atomic E-state index is -3.49. The monoisotopic (exact) mass is 271 g/mol. The summed E-state index contributed by atoms with van der Waals surface area (Å²) in [5, 5.41) is 8.58. The number of pyridine rings is 1. The fraction of sp³-hybridized carbons (Fsp3) is 0.400. The first-order valence-corrected chi connectivity index (χ1v) is 7.67. The molecule has 1 aromatic heterocycles. The molecule has 0 spiro atoms. The third-order valence-electron chi connectivity index (χ3n) is 2.17. The lowest BCUT2D eigenvalue weighted by Gasteiger charge is -2.16. The van der Waals surface area contributed by atoms with E-state index in [1.807, 2.05) is 12.3 Å². The van der Waals surface area contributed by atoms with Crippen molar-refractivity contribution in [3.05, 3.63) is 24.0 Å². The molecule has 1 aromatic rings. The Kier molecular flexibility index (Phi) is 4.93. The van der Waals surface area contributed by atoms with Crippen LogP contribution in [0.4, 0.5) is 0 Å². The van der Waals surface area contributed by atoms with E-state index in [9.17, 15) is 8.42 Å². The van der Waals surface area contributed by atoms with Gasteiger partial charge >= 0.3 is 0 Å². The molecule has 0 bridgehead atoms. The van der Waals surface area contributed by atoms with Gasteiger partial charge in [0.1, 0.15) is 16.7 Å². The van der Waals surface area contributed by atoms with Crippen LogP contribution in [-0.2, 0) is 10.0 Å². The topological polar surface area (TPSA) is 74.1 Å². The molecule has 0 unspecified atom stereocenters. The van der Waals surface area contributed by atoms with Crippen molar-refractivity contribution >= 4 is 21.8 Å². The van der Waals surface area contributed by atoms with Gasteiger partial charge in [0.05, 0.1) is 0 Å². The van der Waals surface area contributed by atoms with E-state index in [-0.39, 0.29) is 10.6 Å². The Bertz CT molecular complexity index is 505. The Labute approximate surface area is 106 Å². The van der Waals surface area contributed by atoms with E-state index in [1.165, 1.54) is 29.7 Å². The molecule has 17 heavy (non-hydrogen) atoms. The average molecular weight is 271 g/mol. The van der Waals surface area contributed by atoms with E-state index in [1.54, 1.807) is 11.8 Å². The van der Waals surface area contributed by atoms with Gasteiger partial charge in [0.15, 0.2) is 0 Å².